The van der Waals surface area contributed by atoms with E-state index in [2.05, 4.69) is 5.32 Å². The van der Waals surface area contributed by atoms with Crippen LogP contribution in [0.5, 0.6) is 5.75 Å². The molecule has 3 nitrogen and oxygen atoms in total. The Labute approximate surface area is 124 Å². The van der Waals surface area contributed by atoms with Gasteiger partial charge in [-0.1, -0.05) is 6.07 Å². The zero-order valence-corrected chi connectivity index (χ0v) is 12.6. The molecule has 1 N–H and O–H groups in total. The molecule has 1 aliphatic heterocycles. The average molecular weight is 281 g/mol. The molecule has 0 aliphatic carbocycles. The molecule has 0 bridgehead atoms. The van der Waals surface area contributed by atoms with Crippen LogP contribution < -0.4 is 10.1 Å². The van der Waals surface area contributed by atoms with Crippen molar-refractivity contribution in [1.29, 1.82) is 0 Å². The molecule has 21 heavy (non-hydrogen) atoms. The highest BCUT2D eigenvalue weighted by molar-refractivity contribution is 6.11. The molecule has 0 fully saturated rings. The number of aryl methyl sites for hydroxylation is 1. The van der Waals surface area contributed by atoms with Crippen LogP contribution in [0.25, 0.3) is 0 Å². The molecule has 0 radical (unpaired) electrons. The van der Waals surface area contributed by atoms with Gasteiger partial charge in [0.2, 0.25) is 0 Å². The van der Waals surface area contributed by atoms with Gasteiger partial charge in [-0.2, -0.15) is 0 Å². The van der Waals surface area contributed by atoms with Crippen LogP contribution in [-0.4, -0.2) is 19.4 Å². The lowest BCUT2D eigenvalue weighted by atomic mass is 9.96. The fourth-order valence-electron chi connectivity index (χ4n) is 2.83. The first kappa shape index (κ1) is 13.7. The minimum atomic E-state index is 0.0182. The molecule has 1 heterocycles. The standard InChI is InChI=1S/C18H19NO2/c1-11-4-6-15(18(21-3)12(11)2)17(20)14-5-7-16-13(10-14)8-9-19-16/h4-7,10,19H,8-9H2,1-3H3. The van der Waals surface area contributed by atoms with Gasteiger partial charge < -0.3 is 10.1 Å². The van der Waals surface area contributed by atoms with E-state index in [0.717, 1.165) is 35.3 Å². The van der Waals surface area contributed by atoms with Gasteiger partial charge in [0.15, 0.2) is 5.78 Å². The number of ether oxygens (including phenoxy) is 1. The van der Waals surface area contributed by atoms with E-state index in [4.69, 9.17) is 4.74 Å². The van der Waals surface area contributed by atoms with Crippen molar-refractivity contribution in [2.24, 2.45) is 0 Å². The molecule has 108 valence electrons. The predicted molar refractivity (Wildman–Crippen MR) is 84.5 cm³/mol. The summed E-state index contributed by atoms with van der Waals surface area (Å²) in [4.78, 5) is 12.8. The van der Waals surface area contributed by atoms with Gasteiger partial charge in [-0.25, -0.2) is 0 Å². The number of hydrogen-bond donors (Lipinski definition) is 1. The Kier molecular flexibility index (Phi) is 3.42. The summed E-state index contributed by atoms with van der Waals surface area (Å²) in [7, 11) is 1.62. The van der Waals surface area contributed by atoms with Crippen LogP contribution in [0.1, 0.15) is 32.6 Å². The Bertz CT molecular complexity index is 719. The lowest BCUT2D eigenvalue weighted by Crippen LogP contribution is -2.06. The van der Waals surface area contributed by atoms with Gasteiger partial charge >= 0.3 is 0 Å². The second kappa shape index (κ2) is 5.24. The van der Waals surface area contributed by atoms with E-state index in [-0.39, 0.29) is 5.78 Å². The zero-order chi connectivity index (χ0) is 15.0. The fourth-order valence-corrected chi connectivity index (χ4v) is 2.83. The van der Waals surface area contributed by atoms with Crippen molar-refractivity contribution in [2.75, 3.05) is 19.0 Å². The number of anilines is 1. The smallest absolute Gasteiger partial charge is 0.196 e. The molecule has 3 heteroatoms. The summed E-state index contributed by atoms with van der Waals surface area (Å²) < 4.78 is 5.46. The summed E-state index contributed by atoms with van der Waals surface area (Å²) in [5.41, 5.74) is 5.85. The number of nitrogens with one attached hydrogen (secondary N) is 1. The molecule has 0 amide bonds. The molecule has 0 atom stereocenters. The normalized spacial score (nSPS) is 12.7. The monoisotopic (exact) mass is 281 g/mol. The summed E-state index contributed by atoms with van der Waals surface area (Å²) in [6.07, 6.45) is 0.973. The molecule has 0 saturated carbocycles. The third-order valence-corrected chi connectivity index (χ3v) is 4.20. The number of ketones is 1. The third kappa shape index (κ3) is 2.29. The predicted octanol–water partition coefficient (Wildman–Crippen LogP) is 3.51. The third-order valence-electron chi connectivity index (χ3n) is 4.20. The number of carbonyl (C=O) groups excluding carboxylic acids is 1. The van der Waals surface area contributed by atoms with Crippen LogP contribution >= 0.6 is 0 Å². The highest BCUT2D eigenvalue weighted by atomic mass is 16.5. The maximum Gasteiger partial charge on any atom is 0.196 e. The highest BCUT2D eigenvalue weighted by Crippen LogP contribution is 2.30. The first-order valence-corrected chi connectivity index (χ1v) is 7.17. The SMILES string of the molecule is COc1c(C(=O)c2ccc3c(c2)CCN3)ccc(C)c1C. The van der Waals surface area contributed by atoms with E-state index in [1.54, 1.807) is 7.11 Å². The van der Waals surface area contributed by atoms with Gasteiger partial charge in [-0.3, -0.25) is 4.79 Å². The van der Waals surface area contributed by atoms with Gasteiger partial charge in [0.05, 0.1) is 12.7 Å². The number of benzene rings is 2. The zero-order valence-electron chi connectivity index (χ0n) is 12.6. The van der Waals surface area contributed by atoms with Gasteiger partial charge in [-0.15, -0.1) is 0 Å². The molecule has 0 aromatic heterocycles. The number of methoxy groups -OCH3 is 1. The highest BCUT2D eigenvalue weighted by Gasteiger charge is 2.19. The van der Waals surface area contributed by atoms with Crippen molar-refractivity contribution in [3.8, 4) is 5.75 Å². The summed E-state index contributed by atoms with van der Waals surface area (Å²) in [5, 5.41) is 3.31. The van der Waals surface area contributed by atoms with E-state index >= 15 is 0 Å². The van der Waals surface area contributed by atoms with Crippen molar-refractivity contribution in [1.82, 2.24) is 0 Å². The molecular formula is C18H19NO2. The number of hydrogen-bond acceptors (Lipinski definition) is 3. The molecule has 0 spiro atoms. The summed E-state index contributed by atoms with van der Waals surface area (Å²) in [6.45, 7) is 4.95. The number of carbonyl (C=O) groups is 1. The molecule has 0 saturated heterocycles. The summed E-state index contributed by atoms with van der Waals surface area (Å²) in [5.74, 6) is 0.697. The van der Waals surface area contributed by atoms with Gasteiger partial charge in [0.25, 0.3) is 0 Å². The molecule has 2 aromatic carbocycles. The Balaban J connectivity index is 2.05. The van der Waals surface area contributed by atoms with Crippen molar-refractivity contribution in [3.05, 3.63) is 58.1 Å². The van der Waals surface area contributed by atoms with Crippen molar-refractivity contribution in [2.45, 2.75) is 20.3 Å². The van der Waals surface area contributed by atoms with E-state index < -0.39 is 0 Å². The van der Waals surface area contributed by atoms with Crippen molar-refractivity contribution >= 4 is 11.5 Å². The molecule has 2 aromatic rings. The van der Waals surface area contributed by atoms with E-state index in [9.17, 15) is 4.79 Å². The Morgan fingerprint density at radius 1 is 1.19 bits per heavy atom. The van der Waals surface area contributed by atoms with Crippen LogP contribution in [-0.2, 0) is 6.42 Å². The van der Waals surface area contributed by atoms with Crippen molar-refractivity contribution in [3.63, 3.8) is 0 Å². The largest absolute Gasteiger partial charge is 0.496 e. The molecular weight excluding hydrogens is 262 g/mol. The lowest BCUT2D eigenvalue weighted by Gasteiger charge is -2.13. The Morgan fingerprint density at radius 3 is 2.76 bits per heavy atom. The fraction of sp³-hybridized carbons (Fsp3) is 0.278. The molecule has 0 unspecified atom stereocenters. The minimum absolute atomic E-state index is 0.0182. The maximum absolute atomic E-state index is 12.8. The van der Waals surface area contributed by atoms with Crippen molar-refractivity contribution < 1.29 is 9.53 Å². The second-order valence-corrected chi connectivity index (χ2v) is 5.47. The Morgan fingerprint density at radius 2 is 2.00 bits per heavy atom. The van der Waals surface area contributed by atoms with E-state index in [1.165, 1.54) is 5.56 Å². The number of fused-ring (bicyclic) bond motifs is 1. The number of rotatable bonds is 3. The molecule has 1 aliphatic rings. The first-order chi connectivity index (χ1) is 10.1. The first-order valence-electron chi connectivity index (χ1n) is 7.17. The maximum atomic E-state index is 12.8. The summed E-state index contributed by atoms with van der Waals surface area (Å²) in [6, 6.07) is 9.69. The Hall–Kier alpha value is -2.29. The minimum Gasteiger partial charge on any atom is -0.496 e. The van der Waals surface area contributed by atoms with Crippen LogP contribution in [0.2, 0.25) is 0 Å². The van der Waals surface area contributed by atoms with E-state index in [0.29, 0.717) is 11.3 Å². The lowest BCUT2D eigenvalue weighted by molar-refractivity contribution is 0.103. The summed E-state index contributed by atoms with van der Waals surface area (Å²) >= 11 is 0. The van der Waals surface area contributed by atoms with Gasteiger partial charge in [-0.05, 0) is 61.2 Å². The van der Waals surface area contributed by atoms with Gasteiger partial charge in [0.1, 0.15) is 5.75 Å². The van der Waals surface area contributed by atoms with Gasteiger partial charge in [0, 0.05) is 17.8 Å². The quantitative estimate of drug-likeness (QED) is 0.875. The second-order valence-electron chi connectivity index (χ2n) is 5.47. The van der Waals surface area contributed by atoms with Crippen LogP contribution in [0.15, 0.2) is 30.3 Å². The van der Waals surface area contributed by atoms with Crippen LogP contribution in [0, 0.1) is 13.8 Å². The average Bonchev–Trinajstić information content (AvgIpc) is 2.96. The van der Waals surface area contributed by atoms with Crippen LogP contribution in [0.3, 0.4) is 0 Å². The molecule has 3 rings (SSSR count). The van der Waals surface area contributed by atoms with E-state index in [1.807, 2.05) is 44.2 Å². The topological polar surface area (TPSA) is 38.3 Å². The van der Waals surface area contributed by atoms with Crippen LogP contribution in [0.4, 0.5) is 5.69 Å².